The summed E-state index contributed by atoms with van der Waals surface area (Å²) in [6.07, 6.45) is 13.2. The maximum Gasteiger partial charge on any atom is 0.394 e. The molecule has 7 heterocycles. The van der Waals surface area contributed by atoms with Crippen LogP contribution >= 0.6 is 0 Å². The number of aryl methyl sites for hydroxylation is 3. The number of likely N-dealkylation sites (N-methyl/N-ethyl adjacent to an activating group) is 2. The number of aldehydes is 1. The van der Waals surface area contributed by atoms with E-state index in [1.807, 2.05) is 90.7 Å². The van der Waals surface area contributed by atoms with Gasteiger partial charge in [-0.3, -0.25) is 63.1 Å². The zero-order valence-corrected chi connectivity index (χ0v) is 36.8. The number of rotatable bonds is 8. The van der Waals surface area contributed by atoms with Crippen molar-refractivity contribution in [3.8, 4) is 6.07 Å². The minimum absolute atomic E-state index is 0.0449. The predicted octanol–water partition coefficient (Wildman–Crippen LogP) is 3.14. The second-order valence-corrected chi connectivity index (χ2v) is 14.8. The Kier molecular flexibility index (Phi) is 18.7. The van der Waals surface area contributed by atoms with Gasteiger partial charge in [-0.15, -0.1) is 0 Å². The van der Waals surface area contributed by atoms with Crippen LogP contribution in [0.25, 0.3) is 32.7 Å². The highest BCUT2D eigenvalue weighted by Gasteiger charge is 2.33. The molecule has 0 bridgehead atoms. The van der Waals surface area contributed by atoms with Crippen molar-refractivity contribution in [2.75, 3.05) is 41.4 Å². The van der Waals surface area contributed by atoms with Gasteiger partial charge in [0.15, 0.2) is 6.29 Å². The second kappa shape index (κ2) is 23.4. The van der Waals surface area contributed by atoms with E-state index in [1.54, 1.807) is 48.6 Å². The first-order valence-corrected chi connectivity index (χ1v) is 20.3. The summed E-state index contributed by atoms with van der Waals surface area (Å²) in [5, 5.41) is 14.8. The van der Waals surface area contributed by atoms with E-state index in [1.165, 1.54) is 14.2 Å². The summed E-state index contributed by atoms with van der Waals surface area (Å²) in [4.78, 5) is 71.1. The summed E-state index contributed by atoms with van der Waals surface area (Å²) >= 11 is 0. The van der Waals surface area contributed by atoms with Crippen molar-refractivity contribution in [3.63, 3.8) is 0 Å². The normalized spacial score (nSPS) is 14.0. The number of methoxy groups -OCH3 is 2. The van der Waals surface area contributed by atoms with Crippen LogP contribution in [0.5, 0.6) is 0 Å². The Morgan fingerprint density at radius 1 is 0.889 bits per heavy atom. The minimum Gasteiger partial charge on any atom is -0.469 e. The number of hydrogen-bond donors (Lipinski definition) is 3. The summed E-state index contributed by atoms with van der Waals surface area (Å²) in [5.74, 6) is -1.10. The molecule has 336 valence electrons. The first-order valence-electron chi connectivity index (χ1n) is 18.9. The Labute approximate surface area is 363 Å². The van der Waals surface area contributed by atoms with Gasteiger partial charge in [0.1, 0.15) is 17.8 Å². The SMILES string of the molecule is CCCC(=O)OC.CN1CC(=O)NC(=O)C1c1cc2ccn(C)c2cn1.COC(=O)CN(C)C(C#N)c1cc2ccn(C)c2cn1.Cn1ccc2cc(C=O)ncc21.O=S(=O)(O)O. The highest BCUT2D eigenvalue weighted by molar-refractivity contribution is 7.79. The Bertz CT molecular complexity index is 2700. The lowest BCUT2D eigenvalue weighted by molar-refractivity contribution is -0.142. The van der Waals surface area contributed by atoms with Gasteiger partial charge < -0.3 is 23.2 Å². The molecule has 7 rings (SSSR count). The van der Waals surface area contributed by atoms with E-state index in [-0.39, 0.29) is 36.8 Å². The number of nitriles is 1. The van der Waals surface area contributed by atoms with Crippen LogP contribution in [-0.2, 0) is 60.2 Å². The van der Waals surface area contributed by atoms with E-state index in [0.717, 1.165) is 45.4 Å². The standard InChI is InChI=1S/C14H16N4O2.C13H14N4O2.C9H8N2O.C5H10O2.H2O4S/c1-17-5-4-10-6-11(16-8-13(10)17)12(7-15)18(2)9-14(19)20-3;1-16-4-3-8-5-9(14-6-10(8)16)12-13(19)15-11(18)7-17(12)2;1-11-3-2-7-4-8(6-12)10-5-9(7)11;1-3-4-5(6)7-2;1-5(2,3)4/h4-6,8,12H,9H2,1-3H3;3-6,12H,7H2,1-2H3,(H,15,18,19);2-6H,1H3;3-4H2,1-2H3;(H2,1,2,3,4). The molecule has 1 aliphatic heterocycles. The number of pyridine rings is 3. The molecule has 0 aliphatic carbocycles. The molecule has 1 fully saturated rings. The van der Waals surface area contributed by atoms with Crippen LogP contribution in [0.4, 0.5) is 0 Å². The summed E-state index contributed by atoms with van der Waals surface area (Å²) < 4.78 is 46.5. The molecule has 63 heavy (non-hydrogen) atoms. The number of esters is 2. The summed E-state index contributed by atoms with van der Waals surface area (Å²) in [6, 6.07) is 12.5. The molecule has 21 nitrogen and oxygen atoms in total. The van der Waals surface area contributed by atoms with Crippen molar-refractivity contribution in [3.05, 3.63) is 90.7 Å². The van der Waals surface area contributed by atoms with Gasteiger partial charge in [-0.2, -0.15) is 13.7 Å². The fourth-order valence-corrected chi connectivity index (χ4v) is 6.09. The van der Waals surface area contributed by atoms with Gasteiger partial charge in [-0.05, 0) is 56.9 Å². The van der Waals surface area contributed by atoms with Crippen molar-refractivity contribution < 1.29 is 51.0 Å². The highest BCUT2D eigenvalue weighted by Crippen LogP contribution is 2.24. The predicted molar refractivity (Wildman–Crippen MR) is 230 cm³/mol. The van der Waals surface area contributed by atoms with Crippen molar-refractivity contribution in [1.29, 1.82) is 5.26 Å². The number of carbonyl (C=O) groups is 5. The summed E-state index contributed by atoms with van der Waals surface area (Å²) in [6.45, 7) is 2.19. The number of fused-ring (bicyclic) bond motifs is 3. The molecule has 0 aromatic carbocycles. The van der Waals surface area contributed by atoms with Crippen LogP contribution in [-0.4, -0.2) is 127 Å². The van der Waals surface area contributed by atoms with Crippen molar-refractivity contribution in [2.45, 2.75) is 31.8 Å². The lowest BCUT2D eigenvalue weighted by Crippen LogP contribution is -2.51. The average molecular weight is 891 g/mol. The lowest BCUT2D eigenvalue weighted by Gasteiger charge is -2.30. The second-order valence-electron chi connectivity index (χ2n) is 13.9. The van der Waals surface area contributed by atoms with Crippen LogP contribution in [0.15, 0.2) is 73.6 Å². The van der Waals surface area contributed by atoms with Gasteiger partial charge in [0.2, 0.25) is 11.8 Å². The van der Waals surface area contributed by atoms with E-state index >= 15 is 0 Å². The molecule has 2 unspecified atom stereocenters. The molecule has 2 atom stereocenters. The minimum atomic E-state index is -4.67. The van der Waals surface area contributed by atoms with E-state index in [2.05, 4.69) is 35.8 Å². The number of aromatic nitrogens is 6. The lowest BCUT2D eigenvalue weighted by atomic mass is 10.1. The van der Waals surface area contributed by atoms with Crippen LogP contribution in [0.3, 0.4) is 0 Å². The number of imide groups is 1. The van der Waals surface area contributed by atoms with Crippen LogP contribution in [0.1, 0.15) is 53.7 Å². The van der Waals surface area contributed by atoms with Crippen molar-refractivity contribution in [1.82, 2.24) is 43.8 Å². The third-order valence-electron chi connectivity index (χ3n) is 9.26. The Hall–Kier alpha value is -6.90. The van der Waals surface area contributed by atoms with Crippen LogP contribution < -0.4 is 5.32 Å². The van der Waals surface area contributed by atoms with E-state index in [0.29, 0.717) is 23.5 Å². The van der Waals surface area contributed by atoms with Gasteiger partial charge in [-0.1, -0.05) is 6.92 Å². The summed E-state index contributed by atoms with van der Waals surface area (Å²) in [7, 11) is 7.34. The zero-order valence-electron chi connectivity index (χ0n) is 36.0. The molecule has 6 aromatic rings. The fourth-order valence-electron chi connectivity index (χ4n) is 6.09. The van der Waals surface area contributed by atoms with Gasteiger partial charge in [0.05, 0.1) is 79.9 Å². The fraction of sp³-hybridized carbons (Fsp3) is 0.341. The third-order valence-corrected chi connectivity index (χ3v) is 9.26. The Balaban J connectivity index is 0.000000227. The number of carbonyl (C=O) groups excluding carboxylic acids is 5. The van der Waals surface area contributed by atoms with Crippen molar-refractivity contribution >= 4 is 73.1 Å². The molecule has 6 aromatic heterocycles. The number of amides is 2. The quantitative estimate of drug-likeness (QED) is 0.0857. The van der Waals surface area contributed by atoms with E-state index < -0.39 is 22.5 Å². The van der Waals surface area contributed by atoms with E-state index in [4.69, 9.17) is 17.5 Å². The van der Waals surface area contributed by atoms with Gasteiger partial charge in [0, 0.05) is 62.3 Å². The maximum atomic E-state index is 11.9. The number of piperazine rings is 1. The number of nitrogens with zero attached hydrogens (tertiary/aromatic N) is 9. The molecule has 3 N–H and O–H groups in total. The smallest absolute Gasteiger partial charge is 0.394 e. The number of nitrogens with one attached hydrogen (secondary N) is 1. The van der Waals surface area contributed by atoms with Gasteiger partial charge in [0.25, 0.3) is 0 Å². The molecule has 0 saturated carbocycles. The first kappa shape index (κ1) is 50.5. The molecule has 1 aliphatic rings. The molecular weight excluding hydrogens is 841 g/mol. The average Bonchev–Trinajstić information content (AvgIpc) is 3.92. The van der Waals surface area contributed by atoms with Crippen molar-refractivity contribution in [2.24, 2.45) is 21.1 Å². The molecule has 1 saturated heterocycles. The van der Waals surface area contributed by atoms with Gasteiger partial charge >= 0.3 is 22.3 Å². The zero-order chi connectivity index (χ0) is 47.0. The van der Waals surface area contributed by atoms with Gasteiger partial charge in [-0.25, -0.2) is 0 Å². The molecular formula is C41H50N10O11S. The molecule has 0 radical (unpaired) electrons. The summed E-state index contributed by atoms with van der Waals surface area (Å²) in [5.41, 5.74) is 4.82. The number of ether oxygens (including phenoxy) is 2. The number of hydrogen-bond acceptors (Lipinski definition) is 15. The maximum absolute atomic E-state index is 11.9. The topological polar surface area (TPSA) is 274 Å². The van der Waals surface area contributed by atoms with Crippen LogP contribution in [0.2, 0.25) is 0 Å². The third kappa shape index (κ3) is 14.9. The Morgan fingerprint density at radius 2 is 1.38 bits per heavy atom. The first-order chi connectivity index (χ1) is 29.7. The highest BCUT2D eigenvalue weighted by atomic mass is 32.3. The molecule has 22 heteroatoms. The van der Waals surface area contributed by atoms with E-state index in [9.17, 15) is 29.2 Å². The largest absolute Gasteiger partial charge is 0.469 e. The molecule has 2 amide bonds. The molecule has 0 spiro atoms. The van der Waals surface area contributed by atoms with Crippen LogP contribution in [0, 0.1) is 11.3 Å². The monoisotopic (exact) mass is 890 g/mol. The Morgan fingerprint density at radius 3 is 1.84 bits per heavy atom.